The smallest absolute Gasteiger partial charge is 0.255 e. The standard InChI is InChI=1S/C24H24N6O3/c1-15-21(16(2)30-24(27-15)25-14-26-30)12-13-22(31)28-18-6-4-17(5-7-18)23(32)29-19-8-10-20(33-3)11-9-19/h4-11,14H,12-13H2,1-3H3,(H,28,31)(H,29,32). The van der Waals surface area contributed by atoms with E-state index in [0.29, 0.717) is 41.3 Å². The second-order valence-corrected chi connectivity index (χ2v) is 7.54. The molecule has 4 rings (SSSR count). The van der Waals surface area contributed by atoms with E-state index in [9.17, 15) is 9.59 Å². The minimum atomic E-state index is -0.236. The van der Waals surface area contributed by atoms with E-state index >= 15 is 0 Å². The molecule has 2 aromatic heterocycles. The van der Waals surface area contributed by atoms with Gasteiger partial charge in [0.2, 0.25) is 5.91 Å². The zero-order valence-corrected chi connectivity index (χ0v) is 18.6. The van der Waals surface area contributed by atoms with Crippen molar-refractivity contribution in [2.24, 2.45) is 0 Å². The van der Waals surface area contributed by atoms with E-state index < -0.39 is 0 Å². The second-order valence-electron chi connectivity index (χ2n) is 7.54. The first-order valence-electron chi connectivity index (χ1n) is 10.5. The number of ether oxygens (including phenoxy) is 1. The Morgan fingerprint density at radius 2 is 1.64 bits per heavy atom. The van der Waals surface area contributed by atoms with Crippen LogP contribution in [0.1, 0.15) is 33.7 Å². The normalized spacial score (nSPS) is 10.8. The summed E-state index contributed by atoms with van der Waals surface area (Å²) in [5.41, 5.74) is 4.53. The van der Waals surface area contributed by atoms with Gasteiger partial charge in [-0.25, -0.2) is 9.50 Å². The maximum absolute atomic E-state index is 12.5. The Bertz CT molecular complexity index is 1300. The first kappa shape index (κ1) is 21.9. The van der Waals surface area contributed by atoms with E-state index in [4.69, 9.17) is 4.74 Å². The van der Waals surface area contributed by atoms with Crippen molar-refractivity contribution in [3.05, 3.63) is 77.4 Å². The number of carbonyl (C=O) groups is 2. The molecule has 0 saturated heterocycles. The molecule has 9 heteroatoms. The Morgan fingerprint density at radius 1 is 0.970 bits per heavy atom. The van der Waals surface area contributed by atoms with Gasteiger partial charge in [-0.05, 0) is 74.4 Å². The third kappa shape index (κ3) is 4.98. The Morgan fingerprint density at radius 3 is 2.33 bits per heavy atom. The number of carbonyl (C=O) groups excluding carboxylic acids is 2. The van der Waals surface area contributed by atoms with Crippen molar-refractivity contribution in [2.75, 3.05) is 17.7 Å². The van der Waals surface area contributed by atoms with Crippen LogP contribution in [0.15, 0.2) is 54.9 Å². The average molecular weight is 444 g/mol. The van der Waals surface area contributed by atoms with Crippen LogP contribution in [0, 0.1) is 13.8 Å². The Balaban J connectivity index is 1.34. The van der Waals surface area contributed by atoms with Crippen LogP contribution >= 0.6 is 0 Å². The van der Waals surface area contributed by atoms with Crippen LogP contribution in [0.5, 0.6) is 5.75 Å². The van der Waals surface area contributed by atoms with Gasteiger partial charge in [0, 0.05) is 34.7 Å². The molecule has 0 saturated carbocycles. The lowest BCUT2D eigenvalue weighted by molar-refractivity contribution is -0.116. The van der Waals surface area contributed by atoms with E-state index in [-0.39, 0.29) is 11.8 Å². The SMILES string of the molecule is COc1ccc(NC(=O)c2ccc(NC(=O)CCc3c(C)nc4ncnn4c3C)cc2)cc1. The molecule has 0 aliphatic carbocycles. The monoisotopic (exact) mass is 444 g/mol. The van der Waals surface area contributed by atoms with Gasteiger partial charge in [0.05, 0.1) is 7.11 Å². The Hall–Kier alpha value is -4.27. The van der Waals surface area contributed by atoms with E-state index in [1.807, 2.05) is 13.8 Å². The fourth-order valence-corrected chi connectivity index (χ4v) is 3.56. The van der Waals surface area contributed by atoms with Crippen molar-refractivity contribution >= 4 is 29.0 Å². The lowest BCUT2D eigenvalue weighted by Gasteiger charge is -2.11. The summed E-state index contributed by atoms with van der Waals surface area (Å²) in [5.74, 6) is 0.908. The summed E-state index contributed by atoms with van der Waals surface area (Å²) in [6.07, 6.45) is 2.30. The lowest BCUT2D eigenvalue weighted by Crippen LogP contribution is -2.15. The molecule has 4 aromatic rings. The van der Waals surface area contributed by atoms with E-state index in [1.54, 1.807) is 60.2 Å². The van der Waals surface area contributed by atoms with Crippen LogP contribution in [0.25, 0.3) is 5.78 Å². The molecule has 0 spiro atoms. The quantitative estimate of drug-likeness (QED) is 0.451. The molecule has 2 heterocycles. The molecular weight excluding hydrogens is 420 g/mol. The molecule has 2 aromatic carbocycles. The molecule has 9 nitrogen and oxygen atoms in total. The average Bonchev–Trinajstić information content (AvgIpc) is 3.28. The first-order chi connectivity index (χ1) is 15.9. The largest absolute Gasteiger partial charge is 0.497 e. The van der Waals surface area contributed by atoms with Crippen molar-refractivity contribution < 1.29 is 14.3 Å². The molecule has 168 valence electrons. The summed E-state index contributed by atoms with van der Waals surface area (Å²) in [6.45, 7) is 3.85. The number of aryl methyl sites for hydroxylation is 2. The number of benzene rings is 2. The summed E-state index contributed by atoms with van der Waals surface area (Å²) in [4.78, 5) is 33.5. The first-order valence-corrected chi connectivity index (χ1v) is 10.5. The predicted octanol–water partition coefficient (Wildman–Crippen LogP) is 3.57. The van der Waals surface area contributed by atoms with Crippen molar-refractivity contribution in [1.29, 1.82) is 0 Å². The molecule has 2 amide bonds. The van der Waals surface area contributed by atoms with Crippen LogP contribution in [-0.4, -0.2) is 38.5 Å². The molecule has 0 aliphatic heterocycles. The molecular formula is C24H24N6O3. The van der Waals surface area contributed by atoms with E-state index in [0.717, 1.165) is 17.0 Å². The van der Waals surface area contributed by atoms with Gasteiger partial charge in [-0.2, -0.15) is 10.1 Å². The third-order valence-electron chi connectivity index (χ3n) is 5.37. The number of methoxy groups -OCH3 is 1. The summed E-state index contributed by atoms with van der Waals surface area (Å²) >= 11 is 0. The fourth-order valence-electron chi connectivity index (χ4n) is 3.56. The van der Waals surface area contributed by atoms with Crippen LogP contribution in [0.3, 0.4) is 0 Å². The highest BCUT2D eigenvalue weighted by Crippen LogP contribution is 2.18. The zero-order valence-electron chi connectivity index (χ0n) is 18.6. The number of aromatic nitrogens is 4. The lowest BCUT2D eigenvalue weighted by atomic mass is 10.1. The Labute approximate surface area is 190 Å². The highest BCUT2D eigenvalue weighted by atomic mass is 16.5. The third-order valence-corrected chi connectivity index (χ3v) is 5.37. The number of fused-ring (bicyclic) bond motifs is 1. The van der Waals surface area contributed by atoms with Crippen LogP contribution in [-0.2, 0) is 11.2 Å². The van der Waals surface area contributed by atoms with Gasteiger partial charge in [0.25, 0.3) is 11.7 Å². The van der Waals surface area contributed by atoms with Gasteiger partial charge < -0.3 is 15.4 Å². The molecule has 0 radical (unpaired) electrons. The van der Waals surface area contributed by atoms with Crippen molar-refractivity contribution in [3.63, 3.8) is 0 Å². The molecule has 33 heavy (non-hydrogen) atoms. The maximum Gasteiger partial charge on any atom is 0.255 e. The number of nitrogens with zero attached hydrogens (tertiary/aromatic N) is 4. The maximum atomic E-state index is 12.5. The molecule has 0 aliphatic rings. The number of hydrogen-bond donors (Lipinski definition) is 2. The topological polar surface area (TPSA) is 111 Å². The highest BCUT2D eigenvalue weighted by Gasteiger charge is 2.13. The summed E-state index contributed by atoms with van der Waals surface area (Å²) in [5, 5.41) is 9.88. The number of amides is 2. The van der Waals surface area contributed by atoms with Gasteiger partial charge in [0.15, 0.2) is 0 Å². The molecule has 0 bridgehead atoms. The van der Waals surface area contributed by atoms with Crippen molar-refractivity contribution in [2.45, 2.75) is 26.7 Å². The molecule has 2 N–H and O–H groups in total. The number of nitrogens with one attached hydrogen (secondary N) is 2. The van der Waals surface area contributed by atoms with E-state index in [1.165, 1.54) is 6.33 Å². The number of hydrogen-bond acceptors (Lipinski definition) is 6. The molecule has 0 unspecified atom stereocenters. The number of rotatable bonds is 7. The fraction of sp³-hybridized carbons (Fsp3) is 0.208. The van der Waals surface area contributed by atoms with Gasteiger partial charge >= 0.3 is 0 Å². The summed E-state index contributed by atoms with van der Waals surface area (Å²) in [7, 11) is 1.59. The minimum Gasteiger partial charge on any atom is -0.497 e. The summed E-state index contributed by atoms with van der Waals surface area (Å²) < 4.78 is 6.79. The van der Waals surface area contributed by atoms with Gasteiger partial charge in [-0.1, -0.05) is 0 Å². The Kier molecular flexibility index (Phi) is 6.30. The number of anilines is 2. The molecule has 0 fully saturated rings. The van der Waals surface area contributed by atoms with Crippen LogP contribution in [0.4, 0.5) is 11.4 Å². The summed E-state index contributed by atoms with van der Waals surface area (Å²) in [6, 6.07) is 13.8. The zero-order chi connectivity index (χ0) is 23.4. The molecule has 0 atom stereocenters. The van der Waals surface area contributed by atoms with Gasteiger partial charge in [-0.15, -0.1) is 0 Å². The highest BCUT2D eigenvalue weighted by molar-refractivity contribution is 6.04. The van der Waals surface area contributed by atoms with Crippen molar-refractivity contribution in [3.8, 4) is 5.75 Å². The van der Waals surface area contributed by atoms with Crippen LogP contribution < -0.4 is 15.4 Å². The van der Waals surface area contributed by atoms with Gasteiger partial charge in [0.1, 0.15) is 12.1 Å². The van der Waals surface area contributed by atoms with Gasteiger partial charge in [-0.3, -0.25) is 9.59 Å². The van der Waals surface area contributed by atoms with Crippen LogP contribution in [0.2, 0.25) is 0 Å². The second kappa shape index (κ2) is 9.47. The van der Waals surface area contributed by atoms with E-state index in [2.05, 4.69) is 25.7 Å². The van der Waals surface area contributed by atoms with Crippen molar-refractivity contribution in [1.82, 2.24) is 19.6 Å². The predicted molar refractivity (Wildman–Crippen MR) is 125 cm³/mol. The minimum absolute atomic E-state index is 0.122.